The van der Waals surface area contributed by atoms with Crippen molar-refractivity contribution in [1.82, 2.24) is 4.98 Å². The zero-order chi connectivity index (χ0) is 10.8. The van der Waals surface area contributed by atoms with Gasteiger partial charge in [0.2, 0.25) is 0 Å². The van der Waals surface area contributed by atoms with Crippen molar-refractivity contribution in [3.05, 3.63) is 12.0 Å². The van der Waals surface area contributed by atoms with E-state index in [2.05, 4.69) is 4.98 Å². The SMILES string of the molecule is CC1COCCN1c1nc(C(=O)O)co1. The van der Waals surface area contributed by atoms with Crippen molar-refractivity contribution in [3.63, 3.8) is 0 Å². The normalized spacial score (nSPS) is 21.7. The molecule has 1 aromatic heterocycles. The molecule has 0 aliphatic carbocycles. The minimum Gasteiger partial charge on any atom is -0.476 e. The highest BCUT2D eigenvalue weighted by Gasteiger charge is 2.24. The summed E-state index contributed by atoms with van der Waals surface area (Å²) < 4.78 is 10.4. The molecule has 1 fully saturated rings. The molecule has 2 heterocycles. The number of rotatable bonds is 2. The van der Waals surface area contributed by atoms with Crippen LogP contribution in [0.25, 0.3) is 0 Å². The summed E-state index contributed by atoms with van der Waals surface area (Å²) in [5.41, 5.74) is -0.0660. The molecule has 1 saturated heterocycles. The van der Waals surface area contributed by atoms with E-state index in [4.69, 9.17) is 14.3 Å². The largest absolute Gasteiger partial charge is 0.476 e. The number of hydrogen-bond acceptors (Lipinski definition) is 5. The van der Waals surface area contributed by atoms with Gasteiger partial charge in [0.25, 0.3) is 6.01 Å². The van der Waals surface area contributed by atoms with Crippen LogP contribution in [0, 0.1) is 0 Å². The highest BCUT2D eigenvalue weighted by atomic mass is 16.5. The zero-order valence-electron chi connectivity index (χ0n) is 8.34. The fourth-order valence-electron chi connectivity index (χ4n) is 1.51. The summed E-state index contributed by atoms with van der Waals surface area (Å²) in [6.07, 6.45) is 1.15. The number of aromatic nitrogens is 1. The lowest BCUT2D eigenvalue weighted by Crippen LogP contribution is -2.43. The Kier molecular flexibility index (Phi) is 2.59. The van der Waals surface area contributed by atoms with Crippen LogP contribution in [0.4, 0.5) is 6.01 Å². The van der Waals surface area contributed by atoms with E-state index in [0.29, 0.717) is 25.8 Å². The molecule has 6 nitrogen and oxygen atoms in total. The number of anilines is 1. The minimum atomic E-state index is -1.08. The first-order valence-electron chi connectivity index (χ1n) is 4.71. The number of nitrogens with zero attached hydrogens (tertiary/aromatic N) is 2. The third kappa shape index (κ3) is 1.94. The van der Waals surface area contributed by atoms with E-state index < -0.39 is 5.97 Å². The van der Waals surface area contributed by atoms with Crippen LogP contribution >= 0.6 is 0 Å². The predicted octanol–water partition coefficient (Wildman–Crippen LogP) is 0.598. The summed E-state index contributed by atoms with van der Waals surface area (Å²) in [5.74, 6) is -1.08. The van der Waals surface area contributed by atoms with E-state index in [1.807, 2.05) is 11.8 Å². The third-order valence-electron chi connectivity index (χ3n) is 2.32. The molecule has 1 aliphatic heterocycles. The standard InChI is InChI=1S/C9H12N2O4/c1-6-4-14-3-2-11(6)9-10-7(5-15-9)8(12)13/h5-6H,2-4H2,1H3,(H,12,13). The lowest BCUT2D eigenvalue weighted by atomic mass is 10.3. The van der Waals surface area contributed by atoms with Crippen molar-refractivity contribution in [2.45, 2.75) is 13.0 Å². The van der Waals surface area contributed by atoms with Crippen LogP contribution in [0.2, 0.25) is 0 Å². The van der Waals surface area contributed by atoms with E-state index in [1.54, 1.807) is 0 Å². The number of oxazole rings is 1. The lowest BCUT2D eigenvalue weighted by molar-refractivity contribution is 0.0690. The lowest BCUT2D eigenvalue weighted by Gasteiger charge is -2.31. The van der Waals surface area contributed by atoms with Gasteiger partial charge in [-0.05, 0) is 6.92 Å². The molecule has 0 aromatic carbocycles. The number of ether oxygens (including phenoxy) is 1. The summed E-state index contributed by atoms with van der Waals surface area (Å²) in [6, 6.07) is 0.502. The zero-order valence-corrected chi connectivity index (χ0v) is 8.34. The smallest absolute Gasteiger partial charge is 0.357 e. The highest BCUT2D eigenvalue weighted by Crippen LogP contribution is 2.18. The maximum Gasteiger partial charge on any atom is 0.357 e. The van der Waals surface area contributed by atoms with Gasteiger partial charge in [-0.2, -0.15) is 4.98 Å². The maximum atomic E-state index is 10.6. The Morgan fingerprint density at radius 2 is 2.53 bits per heavy atom. The number of carboxylic acids is 1. The third-order valence-corrected chi connectivity index (χ3v) is 2.32. The fourth-order valence-corrected chi connectivity index (χ4v) is 1.51. The molecule has 1 unspecified atom stereocenters. The average Bonchev–Trinajstić information content (AvgIpc) is 2.67. The molecule has 1 N–H and O–H groups in total. The molecule has 2 rings (SSSR count). The molecule has 15 heavy (non-hydrogen) atoms. The summed E-state index contributed by atoms with van der Waals surface area (Å²) >= 11 is 0. The maximum absolute atomic E-state index is 10.6. The van der Waals surface area contributed by atoms with E-state index >= 15 is 0 Å². The summed E-state index contributed by atoms with van der Waals surface area (Å²) in [4.78, 5) is 16.4. The highest BCUT2D eigenvalue weighted by molar-refractivity contribution is 5.85. The molecule has 1 aromatic rings. The van der Waals surface area contributed by atoms with Crippen molar-refractivity contribution in [2.75, 3.05) is 24.7 Å². The van der Waals surface area contributed by atoms with E-state index in [9.17, 15) is 4.79 Å². The van der Waals surface area contributed by atoms with Crippen molar-refractivity contribution < 1.29 is 19.1 Å². The first-order chi connectivity index (χ1) is 7.18. The Labute approximate surface area is 86.5 Å². The molecule has 0 spiro atoms. The Bertz CT molecular complexity index is 363. The van der Waals surface area contributed by atoms with Crippen LogP contribution in [-0.2, 0) is 4.74 Å². The number of carbonyl (C=O) groups is 1. The molecule has 1 aliphatic rings. The Hall–Kier alpha value is -1.56. The summed E-state index contributed by atoms with van der Waals surface area (Å²) in [7, 11) is 0. The van der Waals surface area contributed by atoms with E-state index in [0.717, 1.165) is 6.26 Å². The van der Waals surface area contributed by atoms with Crippen molar-refractivity contribution in [3.8, 4) is 0 Å². The fraction of sp³-hybridized carbons (Fsp3) is 0.556. The molecule has 6 heteroatoms. The second-order valence-electron chi connectivity index (χ2n) is 3.44. The van der Waals surface area contributed by atoms with Crippen LogP contribution in [0.5, 0.6) is 0 Å². The molecule has 1 atom stereocenters. The van der Waals surface area contributed by atoms with Crippen LogP contribution < -0.4 is 4.90 Å². The van der Waals surface area contributed by atoms with Crippen molar-refractivity contribution in [2.24, 2.45) is 0 Å². The summed E-state index contributed by atoms with van der Waals surface area (Å²) in [6.45, 7) is 3.85. The molecule has 0 amide bonds. The van der Waals surface area contributed by atoms with Gasteiger partial charge in [-0.1, -0.05) is 0 Å². The average molecular weight is 212 g/mol. The Morgan fingerprint density at radius 1 is 1.73 bits per heavy atom. The molecule has 0 bridgehead atoms. The van der Waals surface area contributed by atoms with Crippen LogP contribution in [0.3, 0.4) is 0 Å². The molecule has 0 saturated carbocycles. The van der Waals surface area contributed by atoms with E-state index in [1.165, 1.54) is 0 Å². The molecule has 82 valence electrons. The van der Waals surface area contributed by atoms with Gasteiger partial charge in [0.15, 0.2) is 5.69 Å². The Morgan fingerprint density at radius 3 is 3.13 bits per heavy atom. The number of aromatic carboxylic acids is 1. The predicted molar refractivity (Wildman–Crippen MR) is 51.1 cm³/mol. The molecular weight excluding hydrogens is 200 g/mol. The van der Waals surface area contributed by atoms with Gasteiger partial charge < -0.3 is 19.2 Å². The quantitative estimate of drug-likeness (QED) is 0.773. The number of morpholine rings is 1. The molecular formula is C9H12N2O4. The van der Waals surface area contributed by atoms with Gasteiger partial charge in [0.1, 0.15) is 6.26 Å². The van der Waals surface area contributed by atoms with Gasteiger partial charge in [-0.15, -0.1) is 0 Å². The van der Waals surface area contributed by atoms with Crippen molar-refractivity contribution >= 4 is 12.0 Å². The second kappa shape index (κ2) is 3.90. The van der Waals surface area contributed by atoms with Gasteiger partial charge in [-0.3, -0.25) is 0 Å². The first-order valence-corrected chi connectivity index (χ1v) is 4.71. The summed E-state index contributed by atoms with van der Waals surface area (Å²) in [5, 5.41) is 8.70. The van der Waals surface area contributed by atoms with Crippen LogP contribution in [0.15, 0.2) is 10.7 Å². The molecule has 0 radical (unpaired) electrons. The second-order valence-corrected chi connectivity index (χ2v) is 3.44. The van der Waals surface area contributed by atoms with Gasteiger partial charge in [0.05, 0.1) is 19.3 Å². The first kappa shape index (κ1) is 9.97. The minimum absolute atomic E-state index is 0.0660. The van der Waals surface area contributed by atoms with Gasteiger partial charge in [-0.25, -0.2) is 4.79 Å². The topological polar surface area (TPSA) is 75.8 Å². The number of carboxylic acid groups (broad SMARTS) is 1. The van der Waals surface area contributed by atoms with E-state index in [-0.39, 0.29) is 11.7 Å². The van der Waals surface area contributed by atoms with Crippen LogP contribution in [-0.4, -0.2) is 41.9 Å². The van der Waals surface area contributed by atoms with Crippen molar-refractivity contribution in [1.29, 1.82) is 0 Å². The van der Waals surface area contributed by atoms with Gasteiger partial charge in [0, 0.05) is 6.54 Å². The number of hydrogen-bond donors (Lipinski definition) is 1. The van der Waals surface area contributed by atoms with Crippen LogP contribution in [0.1, 0.15) is 17.4 Å². The van der Waals surface area contributed by atoms with Gasteiger partial charge >= 0.3 is 5.97 Å². The Balaban J connectivity index is 2.17. The monoisotopic (exact) mass is 212 g/mol.